The van der Waals surface area contributed by atoms with Gasteiger partial charge in [0.05, 0.1) is 21.2 Å². The first kappa shape index (κ1) is 8.69. The molecule has 0 aliphatic heterocycles. The Morgan fingerprint density at radius 3 is 2.11 bits per heavy atom. The van der Waals surface area contributed by atoms with Crippen LogP contribution in [0.5, 0.6) is 0 Å². The molecule has 0 aliphatic carbocycles. The lowest BCUT2D eigenvalue weighted by Crippen LogP contribution is -2.29. The molecule has 0 bridgehead atoms. The van der Waals surface area contributed by atoms with E-state index in [1.807, 2.05) is 0 Å². The van der Waals surface area contributed by atoms with Gasteiger partial charge in [-0.25, -0.2) is 0 Å². The number of esters is 1. The average molecular weight is 145 g/mol. The maximum atomic E-state index is 10.2. The molecule has 0 aliphatic rings. The predicted octanol–water partition coefficient (Wildman–Crippen LogP) is 1.24. The highest BCUT2D eigenvalue weighted by Crippen LogP contribution is 1.99. The summed E-state index contributed by atoms with van der Waals surface area (Å²) < 4.78 is 4.72. The monoisotopic (exact) mass is 145 g/mol. The molecule has 0 rings (SSSR count). The van der Waals surface area contributed by atoms with Gasteiger partial charge in [0.15, 0.2) is 0 Å². The van der Waals surface area contributed by atoms with E-state index in [9.17, 15) is 4.79 Å². The minimum Gasteiger partial charge on any atom is -0.469 e. The Labute approximate surface area is 57.2 Å². The van der Waals surface area contributed by atoms with E-state index in [0.29, 0.717) is 6.23 Å². The highest BCUT2D eigenvalue weighted by molar-refractivity contribution is 6.76. The summed E-state index contributed by atoms with van der Waals surface area (Å²) in [6.45, 7) is 9.51. The van der Waals surface area contributed by atoms with E-state index in [1.54, 1.807) is 0 Å². The minimum absolute atomic E-state index is 0.419. The first-order valence-electron chi connectivity index (χ1n) is 2.90. The van der Waals surface area contributed by atoms with Gasteiger partial charge in [0, 0.05) is 0 Å². The van der Waals surface area contributed by atoms with Gasteiger partial charge >= 0.3 is 5.97 Å². The average Bonchev–Trinajstić information content (AvgIpc) is 1.59. The zero-order valence-corrected chi connectivity index (χ0v) is 7.23. The van der Waals surface area contributed by atoms with E-state index >= 15 is 0 Å². The van der Waals surface area contributed by atoms with Gasteiger partial charge in [-0.1, -0.05) is 19.6 Å². The van der Waals surface area contributed by atoms with E-state index in [4.69, 9.17) is 4.74 Å². The Morgan fingerprint density at radius 2 is 2.00 bits per heavy atom. The maximum absolute atomic E-state index is 10.2. The molecule has 0 saturated heterocycles. The molecule has 0 amide bonds. The number of carbonyl (C=O) groups excluding carboxylic acids is 1. The zero-order valence-electron chi connectivity index (χ0n) is 6.23. The summed E-state index contributed by atoms with van der Waals surface area (Å²) >= 11 is 0. The van der Waals surface area contributed by atoms with Gasteiger partial charge in [-0.3, -0.25) is 4.79 Å². The number of hydrogen-bond donors (Lipinski definition) is 0. The first-order valence-corrected chi connectivity index (χ1v) is 6.61. The predicted molar refractivity (Wildman–Crippen MR) is 39.7 cm³/mol. The second-order valence-electron chi connectivity index (χ2n) is 3.22. The molecule has 0 unspecified atom stereocenters. The lowest BCUT2D eigenvalue weighted by Gasteiger charge is -2.13. The molecule has 0 saturated carbocycles. The molecule has 53 valence electrons. The summed E-state index contributed by atoms with van der Waals surface area (Å²) in [5.41, 5.74) is 0. The lowest BCUT2D eigenvalue weighted by atomic mass is 10.8. The fraction of sp³-hybridized carbons (Fsp3) is 0.667. The summed E-state index contributed by atoms with van der Waals surface area (Å²) in [5, 5.41) is 0. The van der Waals surface area contributed by atoms with Gasteiger partial charge in [-0.2, -0.15) is 0 Å². The summed E-state index contributed by atoms with van der Waals surface area (Å²) in [6, 6.07) is 0. The molecule has 0 fully saturated rings. The smallest absolute Gasteiger partial charge is 0.306 e. The Hall–Kier alpha value is -0.313. The molecule has 0 aromatic heterocycles. The molecular formula is C6H13O2Si. The second kappa shape index (κ2) is 3.01. The SMILES string of the molecule is [CH2]C(=O)OC[Si](C)(C)C. The van der Waals surface area contributed by atoms with Crippen LogP contribution in [0.15, 0.2) is 0 Å². The Kier molecular flexibility index (Phi) is 2.90. The summed E-state index contributed by atoms with van der Waals surface area (Å²) in [7, 11) is -1.20. The largest absolute Gasteiger partial charge is 0.469 e. The third kappa shape index (κ3) is 7.69. The lowest BCUT2D eigenvalue weighted by molar-refractivity contribution is -0.136. The zero-order chi connectivity index (χ0) is 7.49. The molecule has 0 spiro atoms. The standard InChI is InChI=1S/C6H13O2Si/c1-6(7)8-5-9(2,3)4/h1,5H2,2-4H3. The van der Waals surface area contributed by atoms with Crippen LogP contribution in [-0.2, 0) is 9.53 Å². The fourth-order valence-electron chi connectivity index (χ4n) is 0.297. The quantitative estimate of drug-likeness (QED) is 0.431. The van der Waals surface area contributed by atoms with Crippen molar-refractivity contribution in [2.75, 3.05) is 6.23 Å². The fourth-order valence-corrected chi connectivity index (χ4v) is 0.891. The highest BCUT2D eigenvalue weighted by Gasteiger charge is 2.14. The maximum Gasteiger partial charge on any atom is 0.306 e. The van der Waals surface area contributed by atoms with Crippen molar-refractivity contribution in [3.63, 3.8) is 0 Å². The van der Waals surface area contributed by atoms with Gasteiger partial charge in [0.1, 0.15) is 0 Å². The van der Waals surface area contributed by atoms with E-state index in [1.165, 1.54) is 0 Å². The van der Waals surface area contributed by atoms with Crippen molar-refractivity contribution >= 4 is 14.0 Å². The summed E-state index contributed by atoms with van der Waals surface area (Å²) in [4.78, 5) is 10.2. The van der Waals surface area contributed by atoms with Crippen LogP contribution in [-0.4, -0.2) is 20.3 Å². The van der Waals surface area contributed by atoms with E-state index in [2.05, 4.69) is 26.6 Å². The van der Waals surface area contributed by atoms with Crippen LogP contribution >= 0.6 is 0 Å². The van der Waals surface area contributed by atoms with E-state index in [-0.39, 0.29) is 0 Å². The van der Waals surface area contributed by atoms with Gasteiger partial charge in [0.25, 0.3) is 0 Å². The normalized spacial score (nSPS) is 11.1. The third-order valence-corrected chi connectivity index (χ3v) is 1.68. The van der Waals surface area contributed by atoms with Crippen LogP contribution in [0, 0.1) is 6.92 Å². The minimum atomic E-state index is -1.20. The van der Waals surface area contributed by atoms with Crippen molar-refractivity contribution in [3.05, 3.63) is 6.92 Å². The molecule has 0 N–H and O–H groups in total. The third-order valence-electron chi connectivity index (χ3n) is 0.666. The van der Waals surface area contributed by atoms with Crippen LogP contribution in [0.3, 0.4) is 0 Å². The number of ether oxygens (including phenoxy) is 1. The highest BCUT2D eigenvalue weighted by atomic mass is 28.3. The van der Waals surface area contributed by atoms with Crippen LogP contribution in [0.1, 0.15) is 0 Å². The van der Waals surface area contributed by atoms with Crippen molar-refractivity contribution in [2.45, 2.75) is 19.6 Å². The molecule has 9 heavy (non-hydrogen) atoms. The molecule has 0 aromatic rings. The Balaban J connectivity index is 3.39. The Morgan fingerprint density at radius 1 is 1.56 bits per heavy atom. The van der Waals surface area contributed by atoms with Crippen molar-refractivity contribution < 1.29 is 9.53 Å². The van der Waals surface area contributed by atoms with Crippen molar-refractivity contribution in [3.8, 4) is 0 Å². The van der Waals surface area contributed by atoms with Crippen LogP contribution in [0.2, 0.25) is 19.6 Å². The van der Waals surface area contributed by atoms with Gasteiger partial charge < -0.3 is 4.74 Å². The number of carbonyl (C=O) groups is 1. The van der Waals surface area contributed by atoms with Crippen molar-refractivity contribution in [2.24, 2.45) is 0 Å². The van der Waals surface area contributed by atoms with Crippen molar-refractivity contribution in [1.29, 1.82) is 0 Å². The topological polar surface area (TPSA) is 26.3 Å². The Bertz CT molecular complexity index is 104. The molecule has 0 aromatic carbocycles. The van der Waals surface area contributed by atoms with E-state index in [0.717, 1.165) is 0 Å². The van der Waals surface area contributed by atoms with Crippen LogP contribution in [0.4, 0.5) is 0 Å². The molecule has 0 heterocycles. The van der Waals surface area contributed by atoms with E-state index < -0.39 is 14.0 Å². The molecule has 2 nitrogen and oxygen atoms in total. The number of rotatable bonds is 2. The second-order valence-corrected chi connectivity index (χ2v) is 8.63. The summed E-state index contributed by atoms with van der Waals surface area (Å²) in [6.07, 6.45) is 0.579. The molecule has 0 atom stereocenters. The van der Waals surface area contributed by atoms with Crippen LogP contribution < -0.4 is 0 Å². The van der Waals surface area contributed by atoms with Gasteiger partial charge in [0.2, 0.25) is 0 Å². The van der Waals surface area contributed by atoms with Gasteiger partial charge in [-0.15, -0.1) is 0 Å². The summed E-state index contributed by atoms with van der Waals surface area (Å²) in [5.74, 6) is -0.419. The molecule has 1 radical (unpaired) electrons. The van der Waals surface area contributed by atoms with Crippen molar-refractivity contribution in [1.82, 2.24) is 0 Å². The molecular weight excluding hydrogens is 132 g/mol. The first-order chi connectivity index (χ1) is 3.92. The van der Waals surface area contributed by atoms with Gasteiger partial charge in [-0.05, 0) is 0 Å². The van der Waals surface area contributed by atoms with Crippen LogP contribution in [0.25, 0.3) is 0 Å². The number of hydrogen-bond acceptors (Lipinski definition) is 2. The molecule has 3 heteroatoms.